The molecule has 5 nitrogen and oxygen atoms in total. The third kappa shape index (κ3) is 4.45. The number of nitrogens with zero attached hydrogens (tertiary/aromatic N) is 3. The van der Waals surface area contributed by atoms with Crippen LogP contribution in [0.3, 0.4) is 0 Å². The van der Waals surface area contributed by atoms with Crippen LogP contribution in [0.5, 0.6) is 5.75 Å². The molecule has 0 atom stereocenters. The number of pyridine rings is 2. The number of amides is 1. The van der Waals surface area contributed by atoms with Crippen molar-refractivity contribution in [1.29, 1.82) is 0 Å². The van der Waals surface area contributed by atoms with Crippen LogP contribution in [0.1, 0.15) is 46.1 Å². The molecule has 3 heterocycles. The number of ether oxygens (including phenoxy) is 1. The van der Waals surface area contributed by atoms with E-state index in [2.05, 4.69) is 29.2 Å². The minimum Gasteiger partial charge on any atom is -0.496 e. The van der Waals surface area contributed by atoms with Gasteiger partial charge in [-0.15, -0.1) is 0 Å². The summed E-state index contributed by atoms with van der Waals surface area (Å²) < 4.78 is 5.47. The van der Waals surface area contributed by atoms with Gasteiger partial charge in [0.25, 0.3) is 5.91 Å². The van der Waals surface area contributed by atoms with Gasteiger partial charge in [-0.2, -0.15) is 0 Å². The van der Waals surface area contributed by atoms with E-state index in [0.29, 0.717) is 11.5 Å². The SMILES string of the molecule is COc1ccccc1Cc1cccc(C2CCN(C(=O)c3cccnc3)CC2)n1. The second kappa shape index (κ2) is 8.86. The zero-order chi connectivity index (χ0) is 20.1. The van der Waals surface area contributed by atoms with Gasteiger partial charge in [0, 0.05) is 54.8 Å². The van der Waals surface area contributed by atoms with E-state index in [1.165, 1.54) is 0 Å². The predicted octanol–water partition coefficient (Wildman–Crippen LogP) is 4.10. The number of piperidine rings is 1. The Bertz CT molecular complexity index is 967. The Morgan fingerprint density at radius 2 is 1.90 bits per heavy atom. The number of carbonyl (C=O) groups is 1. The van der Waals surface area contributed by atoms with Crippen LogP contribution in [-0.4, -0.2) is 41.0 Å². The van der Waals surface area contributed by atoms with Gasteiger partial charge in [-0.1, -0.05) is 24.3 Å². The van der Waals surface area contributed by atoms with Crippen LogP contribution in [0.4, 0.5) is 0 Å². The molecule has 1 aromatic carbocycles. The van der Waals surface area contributed by atoms with Crippen molar-refractivity contribution in [2.45, 2.75) is 25.2 Å². The second-order valence-corrected chi connectivity index (χ2v) is 7.35. The third-order valence-corrected chi connectivity index (χ3v) is 5.50. The smallest absolute Gasteiger partial charge is 0.255 e. The fraction of sp³-hybridized carbons (Fsp3) is 0.292. The van der Waals surface area contributed by atoms with Gasteiger partial charge in [0.1, 0.15) is 5.75 Å². The molecular formula is C24H25N3O2. The molecule has 2 aromatic heterocycles. The van der Waals surface area contributed by atoms with E-state index >= 15 is 0 Å². The highest BCUT2D eigenvalue weighted by atomic mass is 16.5. The van der Waals surface area contributed by atoms with E-state index in [1.807, 2.05) is 29.2 Å². The lowest BCUT2D eigenvalue weighted by Crippen LogP contribution is -2.38. The number of methoxy groups -OCH3 is 1. The van der Waals surface area contributed by atoms with Crippen molar-refractivity contribution in [2.24, 2.45) is 0 Å². The van der Waals surface area contributed by atoms with Crippen molar-refractivity contribution in [3.8, 4) is 5.75 Å². The highest BCUT2D eigenvalue weighted by molar-refractivity contribution is 5.93. The van der Waals surface area contributed by atoms with Crippen molar-refractivity contribution in [2.75, 3.05) is 20.2 Å². The van der Waals surface area contributed by atoms with Crippen molar-refractivity contribution < 1.29 is 9.53 Å². The zero-order valence-corrected chi connectivity index (χ0v) is 16.6. The summed E-state index contributed by atoms with van der Waals surface area (Å²) in [6, 6.07) is 17.9. The summed E-state index contributed by atoms with van der Waals surface area (Å²) >= 11 is 0. The lowest BCUT2D eigenvalue weighted by molar-refractivity contribution is 0.0711. The Balaban J connectivity index is 1.41. The van der Waals surface area contributed by atoms with E-state index in [4.69, 9.17) is 9.72 Å². The summed E-state index contributed by atoms with van der Waals surface area (Å²) in [5.41, 5.74) is 3.95. The first-order chi connectivity index (χ1) is 14.2. The van der Waals surface area contributed by atoms with Crippen molar-refractivity contribution >= 4 is 5.91 Å². The number of likely N-dealkylation sites (tertiary alicyclic amines) is 1. The van der Waals surface area contributed by atoms with Gasteiger partial charge < -0.3 is 9.64 Å². The van der Waals surface area contributed by atoms with Gasteiger partial charge in [-0.25, -0.2) is 0 Å². The van der Waals surface area contributed by atoms with E-state index in [9.17, 15) is 4.79 Å². The van der Waals surface area contributed by atoms with Gasteiger partial charge in [-0.05, 0) is 43.2 Å². The van der Waals surface area contributed by atoms with Crippen LogP contribution in [0, 0.1) is 0 Å². The van der Waals surface area contributed by atoms with Crippen LogP contribution in [0.25, 0.3) is 0 Å². The van der Waals surface area contributed by atoms with Crippen LogP contribution in [0.15, 0.2) is 67.0 Å². The fourth-order valence-electron chi connectivity index (χ4n) is 3.92. The molecule has 1 saturated heterocycles. The molecule has 1 aliphatic heterocycles. The maximum absolute atomic E-state index is 12.6. The number of hydrogen-bond donors (Lipinski definition) is 0. The molecular weight excluding hydrogens is 362 g/mol. The molecule has 3 aromatic rings. The standard InChI is InChI=1S/C24H25N3O2/c1-29-23-10-3-2-6-19(23)16-21-8-4-9-22(26-21)18-11-14-27(15-12-18)24(28)20-7-5-13-25-17-20/h2-10,13,17-18H,11-12,14-16H2,1H3. The van der Waals surface area contributed by atoms with Crippen molar-refractivity contribution in [1.82, 2.24) is 14.9 Å². The molecule has 1 fully saturated rings. The highest BCUT2D eigenvalue weighted by Gasteiger charge is 2.25. The number of benzene rings is 1. The highest BCUT2D eigenvalue weighted by Crippen LogP contribution is 2.28. The lowest BCUT2D eigenvalue weighted by atomic mass is 9.92. The summed E-state index contributed by atoms with van der Waals surface area (Å²) in [5, 5.41) is 0. The average Bonchev–Trinajstić information content (AvgIpc) is 2.80. The number of rotatable bonds is 5. The van der Waals surface area contributed by atoms with Gasteiger partial charge in [-0.3, -0.25) is 14.8 Å². The van der Waals surface area contributed by atoms with Crippen LogP contribution >= 0.6 is 0 Å². The van der Waals surface area contributed by atoms with Crippen LogP contribution < -0.4 is 4.74 Å². The minimum absolute atomic E-state index is 0.0643. The summed E-state index contributed by atoms with van der Waals surface area (Å²) in [7, 11) is 1.70. The first kappa shape index (κ1) is 19.1. The summed E-state index contributed by atoms with van der Waals surface area (Å²) in [6.07, 6.45) is 5.93. The molecule has 1 amide bonds. The zero-order valence-electron chi connectivity index (χ0n) is 16.6. The molecule has 1 aliphatic rings. The number of para-hydroxylation sites is 1. The van der Waals surface area contributed by atoms with Gasteiger partial charge >= 0.3 is 0 Å². The normalized spacial score (nSPS) is 14.6. The first-order valence-corrected chi connectivity index (χ1v) is 10.0. The molecule has 5 heteroatoms. The first-order valence-electron chi connectivity index (χ1n) is 10.0. The summed E-state index contributed by atoms with van der Waals surface area (Å²) in [4.78, 5) is 23.5. The quantitative estimate of drug-likeness (QED) is 0.662. The molecule has 0 spiro atoms. The molecule has 0 N–H and O–H groups in total. The molecule has 0 radical (unpaired) electrons. The van der Waals surface area contributed by atoms with Gasteiger partial charge in [0.05, 0.1) is 12.7 Å². The van der Waals surface area contributed by atoms with Crippen LogP contribution in [-0.2, 0) is 6.42 Å². The largest absolute Gasteiger partial charge is 0.496 e. The summed E-state index contributed by atoms with van der Waals surface area (Å²) in [5.74, 6) is 1.34. The molecule has 0 saturated carbocycles. The Labute approximate surface area is 171 Å². The average molecular weight is 387 g/mol. The number of carbonyl (C=O) groups excluding carboxylic acids is 1. The Morgan fingerprint density at radius 1 is 1.07 bits per heavy atom. The van der Waals surface area contributed by atoms with Crippen LogP contribution in [0.2, 0.25) is 0 Å². The van der Waals surface area contributed by atoms with Gasteiger partial charge in [0.2, 0.25) is 0 Å². The van der Waals surface area contributed by atoms with E-state index in [0.717, 1.165) is 55.1 Å². The van der Waals surface area contributed by atoms with Gasteiger partial charge in [0.15, 0.2) is 0 Å². The Hall–Kier alpha value is -3.21. The predicted molar refractivity (Wildman–Crippen MR) is 112 cm³/mol. The maximum atomic E-state index is 12.6. The third-order valence-electron chi connectivity index (χ3n) is 5.50. The lowest BCUT2D eigenvalue weighted by Gasteiger charge is -2.32. The van der Waals surface area contributed by atoms with E-state index < -0.39 is 0 Å². The van der Waals surface area contributed by atoms with E-state index in [-0.39, 0.29) is 5.91 Å². The van der Waals surface area contributed by atoms with Crippen molar-refractivity contribution in [3.63, 3.8) is 0 Å². The number of aromatic nitrogens is 2. The molecule has 4 rings (SSSR count). The van der Waals surface area contributed by atoms with E-state index in [1.54, 1.807) is 25.6 Å². The minimum atomic E-state index is 0.0643. The van der Waals surface area contributed by atoms with Crippen molar-refractivity contribution in [3.05, 3.63) is 89.5 Å². The molecule has 0 aliphatic carbocycles. The molecule has 0 unspecified atom stereocenters. The Morgan fingerprint density at radius 3 is 2.66 bits per heavy atom. The topological polar surface area (TPSA) is 55.3 Å². The number of hydrogen-bond acceptors (Lipinski definition) is 4. The molecule has 29 heavy (non-hydrogen) atoms. The molecule has 0 bridgehead atoms. The second-order valence-electron chi connectivity index (χ2n) is 7.35. The Kier molecular flexibility index (Phi) is 5.84. The monoisotopic (exact) mass is 387 g/mol. The maximum Gasteiger partial charge on any atom is 0.255 e. The molecule has 148 valence electrons. The fourth-order valence-corrected chi connectivity index (χ4v) is 3.92. The summed E-state index contributed by atoms with van der Waals surface area (Å²) in [6.45, 7) is 1.49.